The van der Waals surface area contributed by atoms with Crippen molar-refractivity contribution in [3.8, 4) is 0 Å². The van der Waals surface area contributed by atoms with Crippen LogP contribution in [-0.2, 0) is 13.6 Å². The summed E-state index contributed by atoms with van der Waals surface area (Å²) in [4.78, 5) is 21.4. The molecule has 148 valence electrons. The van der Waals surface area contributed by atoms with Crippen molar-refractivity contribution in [3.63, 3.8) is 0 Å². The van der Waals surface area contributed by atoms with Crippen molar-refractivity contribution in [1.29, 1.82) is 0 Å². The van der Waals surface area contributed by atoms with Crippen LogP contribution in [0.3, 0.4) is 0 Å². The quantitative estimate of drug-likeness (QED) is 0.565. The van der Waals surface area contributed by atoms with Gasteiger partial charge in [-0.1, -0.05) is 6.07 Å². The van der Waals surface area contributed by atoms with Crippen LogP contribution in [-0.4, -0.2) is 26.4 Å². The Morgan fingerprint density at radius 1 is 1.17 bits per heavy atom. The fraction of sp³-hybridized carbons (Fsp3) is 0.0909. The Bertz CT molecular complexity index is 1340. The van der Waals surface area contributed by atoms with Gasteiger partial charge in [0, 0.05) is 42.3 Å². The van der Waals surface area contributed by atoms with Gasteiger partial charge < -0.3 is 5.32 Å². The van der Waals surface area contributed by atoms with Gasteiger partial charge in [-0.2, -0.15) is 5.10 Å². The minimum absolute atomic E-state index is 0.0870. The van der Waals surface area contributed by atoms with Crippen LogP contribution < -0.4 is 5.32 Å². The third-order valence-corrected chi connectivity index (χ3v) is 5.14. The first kappa shape index (κ1) is 18.1. The SMILES string of the molecule is Cn1ncc2c(F)c(C(=O)Nc3ccc4c(c3)C(c3cccnc3)=NC4)c(F)cc21. The monoisotopic (exact) mass is 403 g/mol. The van der Waals surface area contributed by atoms with Gasteiger partial charge >= 0.3 is 0 Å². The van der Waals surface area contributed by atoms with Gasteiger partial charge in [0.2, 0.25) is 0 Å². The van der Waals surface area contributed by atoms with Gasteiger partial charge in [-0.15, -0.1) is 0 Å². The van der Waals surface area contributed by atoms with Crippen LogP contribution in [0, 0.1) is 11.6 Å². The normalized spacial score (nSPS) is 12.7. The number of nitrogens with zero attached hydrogens (tertiary/aromatic N) is 4. The number of nitrogens with one attached hydrogen (secondary N) is 1. The first-order valence-electron chi connectivity index (χ1n) is 9.22. The number of hydrogen-bond acceptors (Lipinski definition) is 4. The Hall–Kier alpha value is -3.94. The fourth-order valence-electron chi connectivity index (χ4n) is 3.63. The molecule has 0 aliphatic carbocycles. The van der Waals surface area contributed by atoms with Gasteiger partial charge in [0.05, 0.1) is 29.4 Å². The summed E-state index contributed by atoms with van der Waals surface area (Å²) in [6.45, 7) is 0.523. The zero-order valence-corrected chi connectivity index (χ0v) is 15.9. The smallest absolute Gasteiger partial charge is 0.261 e. The predicted molar refractivity (Wildman–Crippen MR) is 109 cm³/mol. The summed E-state index contributed by atoms with van der Waals surface area (Å²) in [5, 5.41) is 6.60. The molecule has 1 aliphatic rings. The number of hydrogen-bond donors (Lipinski definition) is 1. The highest BCUT2D eigenvalue weighted by Gasteiger charge is 2.23. The molecule has 6 nitrogen and oxygen atoms in total. The summed E-state index contributed by atoms with van der Waals surface area (Å²) in [6, 6.07) is 10.1. The molecule has 1 aliphatic heterocycles. The predicted octanol–water partition coefficient (Wildman–Crippen LogP) is 3.85. The van der Waals surface area contributed by atoms with Gasteiger partial charge in [0.15, 0.2) is 0 Å². The number of aromatic nitrogens is 3. The second kappa shape index (κ2) is 6.84. The number of aliphatic imine (C=N–C) groups is 1. The largest absolute Gasteiger partial charge is 0.322 e. The van der Waals surface area contributed by atoms with E-state index in [0.717, 1.165) is 28.5 Å². The molecule has 8 heteroatoms. The lowest BCUT2D eigenvalue weighted by atomic mass is 10.0. The van der Waals surface area contributed by atoms with Gasteiger partial charge in [0.25, 0.3) is 5.91 Å². The van der Waals surface area contributed by atoms with Crippen molar-refractivity contribution in [2.75, 3.05) is 5.32 Å². The number of anilines is 1. The standard InChI is InChI=1S/C22H15F2N5O/c1-29-18-8-17(23)19(20(24)16(18)11-27-29)22(30)28-14-5-4-12-10-26-21(15(12)7-14)13-3-2-6-25-9-13/h2-9,11H,10H2,1H3,(H,28,30). The molecule has 0 saturated carbocycles. The Kier molecular flexibility index (Phi) is 4.13. The van der Waals surface area contributed by atoms with E-state index in [9.17, 15) is 13.6 Å². The molecule has 2 aromatic carbocycles. The number of amides is 1. The first-order chi connectivity index (χ1) is 14.5. The summed E-state index contributed by atoms with van der Waals surface area (Å²) in [5.41, 5.74) is 3.53. The average molecular weight is 403 g/mol. The molecule has 0 bridgehead atoms. The molecule has 0 radical (unpaired) electrons. The summed E-state index contributed by atoms with van der Waals surface area (Å²) in [6.07, 6.45) is 4.67. The number of fused-ring (bicyclic) bond motifs is 2. The lowest BCUT2D eigenvalue weighted by Crippen LogP contribution is -2.16. The fourth-order valence-corrected chi connectivity index (χ4v) is 3.63. The molecular formula is C22H15F2N5O. The lowest BCUT2D eigenvalue weighted by molar-refractivity contribution is 0.101. The van der Waals surface area contributed by atoms with Crippen molar-refractivity contribution >= 4 is 28.2 Å². The third-order valence-electron chi connectivity index (χ3n) is 5.14. The highest BCUT2D eigenvalue weighted by Crippen LogP contribution is 2.28. The molecule has 0 fully saturated rings. The summed E-state index contributed by atoms with van der Waals surface area (Å²) < 4.78 is 30.7. The Labute approximate surface area is 169 Å². The molecule has 0 spiro atoms. The summed E-state index contributed by atoms with van der Waals surface area (Å²) in [7, 11) is 1.58. The zero-order chi connectivity index (χ0) is 20.8. The van der Waals surface area contributed by atoms with Crippen LogP contribution in [0.4, 0.5) is 14.5 Å². The molecule has 1 amide bonds. The molecule has 30 heavy (non-hydrogen) atoms. The number of rotatable bonds is 3. The zero-order valence-electron chi connectivity index (χ0n) is 15.9. The van der Waals surface area contributed by atoms with Gasteiger partial charge in [-0.05, 0) is 29.8 Å². The van der Waals surface area contributed by atoms with Crippen molar-refractivity contribution in [2.45, 2.75) is 6.54 Å². The van der Waals surface area contributed by atoms with E-state index in [4.69, 9.17) is 0 Å². The molecule has 2 aromatic heterocycles. The number of benzene rings is 2. The summed E-state index contributed by atoms with van der Waals surface area (Å²) >= 11 is 0. The number of carbonyl (C=O) groups is 1. The van der Waals surface area contributed by atoms with Crippen LogP contribution >= 0.6 is 0 Å². The second-order valence-corrected chi connectivity index (χ2v) is 6.98. The number of halogens is 2. The molecule has 1 N–H and O–H groups in total. The van der Waals surface area contributed by atoms with Gasteiger partial charge in [-0.3, -0.25) is 19.5 Å². The van der Waals surface area contributed by atoms with E-state index in [2.05, 4.69) is 20.4 Å². The van der Waals surface area contributed by atoms with Crippen molar-refractivity contribution in [3.05, 3.63) is 88.9 Å². The molecular weight excluding hydrogens is 388 g/mol. The maximum Gasteiger partial charge on any atom is 0.261 e. The molecule has 0 unspecified atom stereocenters. The topological polar surface area (TPSA) is 72.2 Å². The Balaban J connectivity index is 1.49. The van der Waals surface area contributed by atoms with Gasteiger partial charge in [0.1, 0.15) is 17.2 Å². The van der Waals surface area contributed by atoms with E-state index in [-0.39, 0.29) is 10.9 Å². The maximum atomic E-state index is 14.8. The maximum absolute atomic E-state index is 14.8. The Morgan fingerprint density at radius 2 is 2.03 bits per heavy atom. The Morgan fingerprint density at radius 3 is 2.83 bits per heavy atom. The van der Waals surface area contributed by atoms with Crippen LogP contribution in [0.15, 0.2) is 60.0 Å². The number of aryl methyl sites for hydroxylation is 1. The second-order valence-electron chi connectivity index (χ2n) is 6.98. The van der Waals surface area contributed by atoms with Crippen LogP contribution in [0.5, 0.6) is 0 Å². The van der Waals surface area contributed by atoms with Gasteiger partial charge in [-0.25, -0.2) is 8.78 Å². The number of carbonyl (C=O) groups excluding carboxylic acids is 1. The van der Waals surface area contributed by atoms with Crippen LogP contribution in [0.2, 0.25) is 0 Å². The lowest BCUT2D eigenvalue weighted by Gasteiger charge is -2.10. The van der Waals surface area contributed by atoms with E-state index in [0.29, 0.717) is 12.2 Å². The first-order valence-corrected chi connectivity index (χ1v) is 9.22. The van der Waals surface area contributed by atoms with Crippen LogP contribution in [0.25, 0.3) is 10.9 Å². The average Bonchev–Trinajstić information content (AvgIpc) is 3.32. The highest BCUT2D eigenvalue weighted by molar-refractivity contribution is 6.16. The van der Waals surface area contributed by atoms with Crippen molar-refractivity contribution < 1.29 is 13.6 Å². The van der Waals surface area contributed by atoms with E-state index in [1.165, 1.54) is 10.9 Å². The van der Waals surface area contributed by atoms with E-state index in [1.807, 2.05) is 18.2 Å². The van der Waals surface area contributed by atoms with Crippen LogP contribution in [0.1, 0.15) is 27.0 Å². The molecule has 3 heterocycles. The third kappa shape index (κ3) is 2.85. The minimum atomic E-state index is -0.945. The van der Waals surface area contributed by atoms with E-state index < -0.39 is 23.1 Å². The molecule has 5 rings (SSSR count). The number of pyridine rings is 1. The van der Waals surface area contributed by atoms with Crippen molar-refractivity contribution in [2.24, 2.45) is 12.0 Å². The van der Waals surface area contributed by atoms with Crippen molar-refractivity contribution in [1.82, 2.24) is 14.8 Å². The molecule has 4 aromatic rings. The molecule has 0 atom stereocenters. The van der Waals surface area contributed by atoms with E-state index >= 15 is 0 Å². The minimum Gasteiger partial charge on any atom is -0.322 e. The van der Waals surface area contributed by atoms with E-state index in [1.54, 1.807) is 31.6 Å². The molecule has 0 saturated heterocycles. The summed E-state index contributed by atoms with van der Waals surface area (Å²) in [5.74, 6) is -2.75. The highest BCUT2D eigenvalue weighted by atomic mass is 19.1.